The molecular weight excluding hydrogens is 675 g/mol. The molecule has 0 radical (unpaired) electrons. The Kier molecular flexibility index (Phi) is 8.23. The molecule has 0 unspecified atom stereocenters. The summed E-state index contributed by atoms with van der Waals surface area (Å²) in [4.78, 5) is 2.48. The standard InChI is InChI=1S/C55H41N/c1-55(2)50-25-10-8-23-49(50)54-51(55)26-14-28-53(54)56(45-35-33-39(34-36-45)44-20-12-19-43(37-44)38-15-4-3-5-16-38)52-27-11-9-22-48(52)42-31-29-41(30-32-42)47-24-13-18-40-17-6-7-21-46(40)47/h3-37H,1-2H3. The number of fused-ring (bicyclic) bond motifs is 4. The SMILES string of the molecule is CC1(C)c2ccccc2-c2c(N(c3ccc(-c4cccc(-c5ccccc5)c4)cc3)c3ccccc3-c3ccc(-c4cccc5ccccc45)cc3)cccc21. The van der Waals surface area contributed by atoms with Crippen molar-refractivity contribution in [1.29, 1.82) is 0 Å². The molecule has 9 aromatic rings. The van der Waals surface area contributed by atoms with Crippen LogP contribution in [0, 0.1) is 0 Å². The number of anilines is 3. The zero-order chi connectivity index (χ0) is 37.6. The van der Waals surface area contributed by atoms with Crippen LogP contribution in [-0.2, 0) is 5.41 Å². The van der Waals surface area contributed by atoms with Gasteiger partial charge >= 0.3 is 0 Å². The fraction of sp³-hybridized carbons (Fsp3) is 0.0545. The van der Waals surface area contributed by atoms with Crippen molar-refractivity contribution in [3.63, 3.8) is 0 Å². The Morgan fingerprint density at radius 1 is 0.339 bits per heavy atom. The molecule has 0 amide bonds. The van der Waals surface area contributed by atoms with Crippen molar-refractivity contribution in [1.82, 2.24) is 0 Å². The lowest BCUT2D eigenvalue weighted by molar-refractivity contribution is 0.660. The quantitative estimate of drug-likeness (QED) is 0.159. The molecule has 0 heterocycles. The Morgan fingerprint density at radius 2 is 0.839 bits per heavy atom. The van der Waals surface area contributed by atoms with E-state index >= 15 is 0 Å². The summed E-state index contributed by atoms with van der Waals surface area (Å²) in [6.45, 7) is 4.71. The van der Waals surface area contributed by atoms with E-state index < -0.39 is 0 Å². The van der Waals surface area contributed by atoms with E-state index in [2.05, 4.69) is 231 Å². The second kappa shape index (κ2) is 13.7. The number of benzene rings is 9. The predicted octanol–water partition coefficient (Wildman–Crippen LogP) is 15.3. The van der Waals surface area contributed by atoms with Crippen LogP contribution >= 0.6 is 0 Å². The highest BCUT2D eigenvalue weighted by atomic mass is 15.1. The molecule has 0 saturated heterocycles. The highest BCUT2D eigenvalue weighted by molar-refractivity contribution is 5.99. The molecule has 0 bridgehead atoms. The van der Waals surface area contributed by atoms with Gasteiger partial charge in [0, 0.05) is 22.2 Å². The van der Waals surface area contributed by atoms with E-state index in [4.69, 9.17) is 0 Å². The van der Waals surface area contributed by atoms with Crippen molar-refractivity contribution >= 4 is 27.8 Å². The number of hydrogen-bond acceptors (Lipinski definition) is 1. The molecule has 0 saturated carbocycles. The predicted molar refractivity (Wildman–Crippen MR) is 238 cm³/mol. The smallest absolute Gasteiger partial charge is 0.0543 e. The van der Waals surface area contributed by atoms with E-state index in [0.717, 1.165) is 11.4 Å². The van der Waals surface area contributed by atoms with E-state index in [1.807, 2.05) is 0 Å². The molecule has 56 heavy (non-hydrogen) atoms. The summed E-state index contributed by atoms with van der Waals surface area (Å²) in [7, 11) is 0. The summed E-state index contributed by atoms with van der Waals surface area (Å²) in [5.74, 6) is 0. The lowest BCUT2D eigenvalue weighted by atomic mass is 9.82. The molecule has 0 spiro atoms. The molecule has 0 aliphatic heterocycles. The van der Waals surface area contributed by atoms with Crippen LogP contribution in [-0.4, -0.2) is 0 Å². The van der Waals surface area contributed by atoms with Gasteiger partial charge in [-0.3, -0.25) is 0 Å². The minimum atomic E-state index is -0.113. The highest BCUT2D eigenvalue weighted by Gasteiger charge is 2.37. The largest absolute Gasteiger partial charge is 0.309 e. The molecule has 9 aromatic carbocycles. The fourth-order valence-corrected chi connectivity index (χ4v) is 8.86. The van der Waals surface area contributed by atoms with Gasteiger partial charge in [0.25, 0.3) is 0 Å². The van der Waals surface area contributed by atoms with Crippen molar-refractivity contribution in [3.05, 3.63) is 223 Å². The Balaban J connectivity index is 1.12. The third-order valence-corrected chi connectivity index (χ3v) is 11.7. The maximum Gasteiger partial charge on any atom is 0.0543 e. The van der Waals surface area contributed by atoms with Gasteiger partial charge < -0.3 is 4.90 Å². The van der Waals surface area contributed by atoms with Crippen LogP contribution in [0.5, 0.6) is 0 Å². The lowest BCUT2D eigenvalue weighted by Gasteiger charge is -2.30. The Hall–Kier alpha value is -6.96. The fourth-order valence-electron chi connectivity index (χ4n) is 8.86. The van der Waals surface area contributed by atoms with Crippen molar-refractivity contribution < 1.29 is 0 Å². The zero-order valence-electron chi connectivity index (χ0n) is 31.7. The zero-order valence-corrected chi connectivity index (χ0v) is 31.7. The van der Waals surface area contributed by atoms with Crippen LogP contribution in [0.1, 0.15) is 25.0 Å². The first-order valence-corrected chi connectivity index (χ1v) is 19.5. The van der Waals surface area contributed by atoms with Gasteiger partial charge in [0.1, 0.15) is 0 Å². The van der Waals surface area contributed by atoms with Gasteiger partial charge in [-0.15, -0.1) is 0 Å². The first-order chi connectivity index (χ1) is 27.5. The van der Waals surface area contributed by atoms with E-state index in [1.54, 1.807) is 0 Å². The van der Waals surface area contributed by atoms with Gasteiger partial charge in [0.2, 0.25) is 0 Å². The second-order valence-corrected chi connectivity index (χ2v) is 15.3. The molecule has 0 aromatic heterocycles. The molecule has 1 aliphatic carbocycles. The molecule has 10 rings (SSSR count). The molecule has 266 valence electrons. The van der Waals surface area contributed by atoms with Crippen LogP contribution in [0.3, 0.4) is 0 Å². The number of nitrogens with zero attached hydrogens (tertiary/aromatic N) is 1. The summed E-state index contributed by atoms with van der Waals surface area (Å²) < 4.78 is 0. The topological polar surface area (TPSA) is 3.24 Å². The van der Waals surface area contributed by atoms with Crippen LogP contribution in [0.15, 0.2) is 212 Å². The van der Waals surface area contributed by atoms with E-state index in [9.17, 15) is 0 Å². The maximum absolute atomic E-state index is 2.48. The molecule has 0 atom stereocenters. The van der Waals surface area contributed by atoms with Crippen LogP contribution in [0.25, 0.3) is 66.4 Å². The minimum absolute atomic E-state index is 0.113. The summed E-state index contributed by atoms with van der Waals surface area (Å²) in [6.07, 6.45) is 0. The van der Waals surface area contributed by atoms with Crippen molar-refractivity contribution in [3.8, 4) is 55.6 Å². The monoisotopic (exact) mass is 715 g/mol. The average molecular weight is 716 g/mol. The third kappa shape index (κ3) is 5.72. The van der Waals surface area contributed by atoms with Gasteiger partial charge in [0.05, 0.1) is 11.4 Å². The summed E-state index contributed by atoms with van der Waals surface area (Å²) in [6, 6.07) is 77.6. The number of rotatable bonds is 7. The van der Waals surface area contributed by atoms with Gasteiger partial charge in [-0.1, -0.05) is 196 Å². The molecular formula is C55H41N. The molecule has 1 heteroatoms. The van der Waals surface area contributed by atoms with E-state index in [1.165, 1.54) is 83.2 Å². The van der Waals surface area contributed by atoms with Gasteiger partial charge in [-0.05, 0) is 96.7 Å². The van der Waals surface area contributed by atoms with Gasteiger partial charge in [-0.2, -0.15) is 0 Å². The molecule has 0 N–H and O–H groups in total. The summed E-state index contributed by atoms with van der Waals surface area (Å²) >= 11 is 0. The van der Waals surface area contributed by atoms with Crippen LogP contribution in [0.4, 0.5) is 17.1 Å². The first kappa shape index (κ1) is 33.6. The van der Waals surface area contributed by atoms with E-state index in [-0.39, 0.29) is 5.41 Å². The van der Waals surface area contributed by atoms with Crippen LogP contribution < -0.4 is 4.90 Å². The van der Waals surface area contributed by atoms with Gasteiger partial charge in [0.15, 0.2) is 0 Å². The van der Waals surface area contributed by atoms with Crippen molar-refractivity contribution in [2.75, 3.05) is 4.90 Å². The number of hydrogen-bond donors (Lipinski definition) is 0. The molecule has 1 aliphatic rings. The average Bonchev–Trinajstić information content (AvgIpc) is 3.51. The van der Waals surface area contributed by atoms with Crippen LogP contribution in [0.2, 0.25) is 0 Å². The number of para-hydroxylation sites is 1. The second-order valence-electron chi connectivity index (χ2n) is 15.3. The van der Waals surface area contributed by atoms with Gasteiger partial charge in [-0.25, -0.2) is 0 Å². The maximum atomic E-state index is 2.48. The summed E-state index contributed by atoms with van der Waals surface area (Å²) in [5, 5.41) is 2.52. The summed E-state index contributed by atoms with van der Waals surface area (Å²) in [5.41, 5.74) is 18.3. The lowest BCUT2D eigenvalue weighted by Crippen LogP contribution is -2.16. The van der Waals surface area contributed by atoms with Crippen molar-refractivity contribution in [2.24, 2.45) is 0 Å². The highest BCUT2D eigenvalue weighted by Crippen LogP contribution is 2.55. The Morgan fingerprint density at radius 3 is 1.62 bits per heavy atom. The third-order valence-electron chi connectivity index (χ3n) is 11.7. The Bertz CT molecular complexity index is 2860. The first-order valence-electron chi connectivity index (χ1n) is 19.5. The van der Waals surface area contributed by atoms with E-state index in [0.29, 0.717) is 0 Å². The van der Waals surface area contributed by atoms with Crippen molar-refractivity contribution in [2.45, 2.75) is 19.3 Å². The minimum Gasteiger partial charge on any atom is -0.309 e. The molecule has 1 nitrogen and oxygen atoms in total. The molecule has 0 fully saturated rings. The Labute approximate surface area is 329 Å². The normalized spacial score (nSPS) is 12.6.